The Bertz CT molecular complexity index is 891. The second-order valence-corrected chi connectivity index (χ2v) is 5.11. The molecule has 0 saturated heterocycles. The van der Waals surface area contributed by atoms with Crippen LogP contribution in [0.1, 0.15) is 20.7 Å². The van der Waals surface area contributed by atoms with Crippen molar-refractivity contribution in [1.82, 2.24) is 9.88 Å². The Hall–Kier alpha value is -3.82. The minimum absolute atomic E-state index is 0.205. The molecule has 1 aromatic carbocycles. The molecule has 0 spiro atoms. The number of aromatic hydroxyl groups is 1. The van der Waals surface area contributed by atoms with Gasteiger partial charge in [0, 0.05) is 0 Å². The van der Waals surface area contributed by atoms with E-state index in [-0.39, 0.29) is 16.9 Å². The first-order valence-corrected chi connectivity index (χ1v) is 6.97. The van der Waals surface area contributed by atoms with Gasteiger partial charge in [0.25, 0.3) is 17.5 Å². The fourth-order valence-electron chi connectivity index (χ4n) is 2.34. The van der Waals surface area contributed by atoms with E-state index >= 15 is 0 Å². The molecule has 10 nitrogen and oxygen atoms in total. The number of carbonyl (C=O) groups is 3. The summed E-state index contributed by atoms with van der Waals surface area (Å²) in [5.74, 6) is -2.91. The maximum atomic E-state index is 12.2. The van der Waals surface area contributed by atoms with Gasteiger partial charge in [-0.25, -0.2) is 4.98 Å². The Morgan fingerprint density at radius 1 is 1.24 bits per heavy atom. The van der Waals surface area contributed by atoms with Gasteiger partial charge < -0.3 is 10.4 Å². The number of nitrogens with zero attached hydrogens (tertiary/aromatic N) is 3. The molecule has 1 aliphatic rings. The molecule has 1 aromatic heterocycles. The molecule has 0 aliphatic carbocycles. The normalized spacial score (nSPS) is 12.9. The number of amides is 3. The molecule has 0 fully saturated rings. The van der Waals surface area contributed by atoms with Crippen LogP contribution in [0.5, 0.6) is 5.75 Å². The van der Waals surface area contributed by atoms with Crippen LogP contribution in [-0.4, -0.2) is 44.2 Å². The average molecular weight is 342 g/mol. The summed E-state index contributed by atoms with van der Waals surface area (Å²) < 4.78 is 0. The van der Waals surface area contributed by atoms with E-state index in [4.69, 9.17) is 0 Å². The van der Waals surface area contributed by atoms with E-state index in [2.05, 4.69) is 10.3 Å². The third-order valence-electron chi connectivity index (χ3n) is 3.50. The summed E-state index contributed by atoms with van der Waals surface area (Å²) in [6.45, 7) is -0.579. The van der Waals surface area contributed by atoms with Gasteiger partial charge in [0.1, 0.15) is 12.7 Å². The first-order valence-electron chi connectivity index (χ1n) is 6.97. The van der Waals surface area contributed by atoms with Crippen molar-refractivity contribution in [3.63, 3.8) is 0 Å². The molecular weight excluding hydrogens is 332 g/mol. The maximum Gasteiger partial charge on any atom is 0.291 e. The molecule has 0 bridgehead atoms. The van der Waals surface area contributed by atoms with Crippen LogP contribution in [0.25, 0.3) is 0 Å². The highest BCUT2D eigenvalue weighted by Gasteiger charge is 2.36. The molecule has 3 amide bonds. The largest absolute Gasteiger partial charge is 0.504 e. The molecule has 0 radical (unpaired) electrons. The molecule has 0 saturated carbocycles. The van der Waals surface area contributed by atoms with Crippen molar-refractivity contribution >= 4 is 29.2 Å². The zero-order chi connectivity index (χ0) is 18.1. The average Bonchev–Trinajstić information content (AvgIpc) is 2.82. The molecule has 1 aliphatic heterocycles. The Kier molecular flexibility index (Phi) is 3.85. The summed E-state index contributed by atoms with van der Waals surface area (Å²) >= 11 is 0. The molecule has 126 valence electrons. The molecule has 0 unspecified atom stereocenters. The quantitative estimate of drug-likeness (QED) is 0.478. The lowest BCUT2D eigenvalue weighted by atomic mass is 10.1. The maximum absolute atomic E-state index is 12.2. The summed E-state index contributed by atoms with van der Waals surface area (Å²) in [6, 6.07) is 7.00. The Morgan fingerprint density at radius 3 is 2.36 bits per heavy atom. The van der Waals surface area contributed by atoms with Crippen molar-refractivity contribution in [1.29, 1.82) is 0 Å². The number of nitro groups is 1. The number of anilines is 1. The SMILES string of the molecule is O=C(CN1C(=O)c2ccccc2C1=O)Nc1ncc([N+](=O)[O-])cc1O. The fourth-order valence-corrected chi connectivity index (χ4v) is 2.34. The minimum Gasteiger partial charge on any atom is -0.504 e. The molecule has 10 heteroatoms. The number of hydrogen-bond acceptors (Lipinski definition) is 7. The van der Waals surface area contributed by atoms with Crippen LogP contribution < -0.4 is 5.32 Å². The smallest absolute Gasteiger partial charge is 0.291 e. The second kappa shape index (κ2) is 6.00. The number of pyridine rings is 1. The zero-order valence-corrected chi connectivity index (χ0v) is 12.5. The monoisotopic (exact) mass is 342 g/mol. The van der Waals surface area contributed by atoms with Crippen molar-refractivity contribution in [3.05, 3.63) is 57.8 Å². The van der Waals surface area contributed by atoms with Crippen LogP contribution in [0.2, 0.25) is 0 Å². The molecular formula is C15H10N4O6. The van der Waals surface area contributed by atoms with Gasteiger partial charge >= 0.3 is 0 Å². The number of aromatic nitrogens is 1. The lowest BCUT2D eigenvalue weighted by Crippen LogP contribution is -2.37. The first-order chi connectivity index (χ1) is 11.9. The molecule has 2 aromatic rings. The Balaban J connectivity index is 1.73. The second-order valence-electron chi connectivity index (χ2n) is 5.11. The molecule has 0 atom stereocenters. The topological polar surface area (TPSA) is 143 Å². The van der Waals surface area contributed by atoms with Crippen LogP contribution in [0.15, 0.2) is 36.5 Å². The van der Waals surface area contributed by atoms with Crippen molar-refractivity contribution in [2.75, 3.05) is 11.9 Å². The number of rotatable bonds is 4. The van der Waals surface area contributed by atoms with E-state index in [9.17, 15) is 29.6 Å². The number of carbonyl (C=O) groups excluding carboxylic acids is 3. The predicted molar refractivity (Wildman–Crippen MR) is 83.0 cm³/mol. The standard InChI is InChI=1S/C15H10N4O6/c20-11-5-8(19(24)25)6-16-13(11)17-12(21)7-18-14(22)9-3-1-2-4-10(9)15(18)23/h1-6,20H,7H2,(H,16,17,21). The van der Waals surface area contributed by atoms with Gasteiger partial charge in [-0.1, -0.05) is 12.1 Å². The number of hydrogen-bond donors (Lipinski definition) is 2. The summed E-state index contributed by atoms with van der Waals surface area (Å²) in [6.07, 6.45) is 0.858. The van der Waals surface area contributed by atoms with E-state index in [0.29, 0.717) is 0 Å². The van der Waals surface area contributed by atoms with E-state index in [1.807, 2.05) is 0 Å². The molecule has 3 rings (SSSR count). The van der Waals surface area contributed by atoms with Gasteiger partial charge in [-0.3, -0.25) is 29.4 Å². The van der Waals surface area contributed by atoms with Crippen LogP contribution in [0.4, 0.5) is 11.5 Å². The van der Waals surface area contributed by atoms with Crippen LogP contribution in [0, 0.1) is 10.1 Å². The summed E-state index contributed by atoms with van der Waals surface area (Å²) in [7, 11) is 0. The lowest BCUT2D eigenvalue weighted by Gasteiger charge is -2.13. The third kappa shape index (κ3) is 2.87. The highest BCUT2D eigenvalue weighted by atomic mass is 16.6. The summed E-state index contributed by atoms with van der Waals surface area (Å²) in [5, 5.41) is 22.5. The van der Waals surface area contributed by atoms with Crippen molar-refractivity contribution < 1.29 is 24.4 Å². The number of fused-ring (bicyclic) bond motifs is 1. The van der Waals surface area contributed by atoms with Gasteiger partial charge in [-0.05, 0) is 12.1 Å². The summed E-state index contributed by atoms with van der Waals surface area (Å²) in [5.41, 5.74) is -0.0379. The Morgan fingerprint density at radius 2 is 1.84 bits per heavy atom. The van der Waals surface area contributed by atoms with E-state index in [1.54, 1.807) is 12.1 Å². The van der Waals surface area contributed by atoms with E-state index in [0.717, 1.165) is 17.2 Å². The van der Waals surface area contributed by atoms with Gasteiger partial charge in [-0.15, -0.1) is 0 Å². The van der Waals surface area contributed by atoms with E-state index in [1.165, 1.54) is 12.1 Å². The predicted octanol–water partition coefficient (Wildman–Crippen LogP) is 0.930. The zero-order valence-electron chi connectivity index (χ0n) is 12.5. The van der Waals surface area contributed by atoms with Gasteiger partial charge in [0.05, 0.1) is 22.1 Å². The molecule has 2 heterocycles. The number of nitrogens with one attached hydrogen (secondary N) is 1. The lowest BCUT2D eigenvalue weighted by molar-refractivity contribution is -0.385. The van der Waals surface area contributed by atoms with Gasteiger partial charge in [0.2, 0.25) is 5.91 Å². The Labute approximate surface area is 139 Å². The van der Waals surface area contributed by atoms with Crippen molar-refractivity contribution in [2.24, 2.45) is 0 Å². The van der Waals surface area contributed by atoms with Gasteiger partial charge in [0.15, 0.2) is 11.6 Å². The summed E-state index contributed by atoms with van der Waals surface area (Å²) in [4.78, 5) is 50.5. The highest BCUT2D eigenvalue weighted by molar-refractivity contribution is 6.22. The van der Waals surface area contributed by atoms with Crippen LogP contribution in [-0.2, 0) is 4.79 Å². The highest BCUT2D eigenvalue weighted by Crippen LogP contribution is 2.26. The molecule has 25 heavy (non-hydrogen) atoms. The minimum atomic E-state index is -0.786. The van der Waals surface area contributed by atoms with Gasteiger partial charge in [-0.2, -0.15) is 0 Å². The number of benzene rings is 1. The number of imide groups is 1. The van der Waals surface area contributed by atoms with Crippen LogP contribution >= 0.6 is 0 Å². The first kappa shape index (κ1) is 16.1. The molecule has 2 N–H and O–H groups in total. The third-order valence-corrected chi connectivity index (χ3v) is 3.50. The fraction of sp³-hybridized carbons (Fsp3) is 0.0667. The van der Waals surface area contributed by atoms with E-state index < -0.39 is 40.6 Å². The van der Waals surface area contributed by atoms with Crippen molar-refractivity contribution in [3.8, 4) is 5.75 Å². The van der Waals surface area contributed by atoms with Crippen LogP contribution in [0.3, 0.4) is 0 Å². The van der Waals surface area contributed by atoms with Crippen molar-refractivity contribution in [2.45, 2.75) is 0 Å².